The monoisotopic (exact) mass is 153 g/mol. The standard InChI is InChI=1S/C10H19N/c11-10-6-9(7-10)5-8-3-1-2-4-8/h8-10H,1-7,11H2. The molecule has 0 aliphatic heterocycles. The molecular weight excluding hydrogens is 134 g/mol. The zero-order valence-electron chi connectivity index (χ0n) is 7.26. The van der Waals surface area contributed by atoms with Gasteiger partial charge in [0.05, 0.1) is 0 Å². The van der Waals surface area contributed by atoms with E-state index in [0.717, 1.165) is 11.8 Å². The van der Waals surface area contributed by atoms with Gasteiger partial charge in [0, 0.05) is 6.04 Å². The van der Waals surface area contributed by atoms with Gasteiger partial charge in [-0.25, -0.2) is 0 Å². The highest BCUT2D eigenvalue weighted by molar-refractivity contribution is 4.84. The molecular formula is C10H19N. The molecule has 0 heterocycles. The van der Waals surface area contributed by atoms with Gasteiger partial charge in [0.2, 0.25) is 0 Å². The summed E-state index contributed by atoms with van der Waals surface area (Å²) in [6.07, 6.45) is 10.1. The third-order valence-electron chi connectivity index (χ3n) is 3.41. The maximum Gasteiger partial charge on any atom is 0.00441 e. The van der Waals surface area contributed by atoms with Crippen molar-refractivity contribution >= 4 is 0 Å². The van der Waals surface area contributed by atoms with Crippen molar-refractivity contribution in [2.75, 3.05) is 0 Å². The van der Waals surface area contributed by atoms with Crippen molar-refractivity contribution in [2.45, 2.75) is 51.0 Å². The highest BCUT2D eigenvalue weighted by Crippen LogP contribution is 2.37. The largest absolute Gasteiger partial charge is 0.328 e. The summed E-state index contributed by atoms with van der Waals surface area (Å²) >= 11 is 0. The molecule has 1 nitrogen and oxygen atoms in total. The topological polar surface area (TPSA) is 26.0 Å². The Hall–Kier alpha value is -0.0400. The minimum atomic E-state index is 0.557. The van der Waals surface area contributed by atoms with Crippen molar-refractivity contribution in [3.8, 4) is 0 Å². The molecule has 0 radical (unpaired) electrons. The fourth-order valence-electron chi connectivity index (χ4n) is 2.70. The second-order valence-corrected chi connectivity index (χ2v) is 4.48. The minimum Gasteiger partial charge on any atom is -0.328 e. The van der Waals surface area contributed by atoms with Crippen LogP contribution in [-0.4, -0.2) is 6.04 Å². The Morgan fingerprint density at radius 1 is 1.00 bits per heavy atom. The highest BCUT2D eigenvalue weighted by atomic mass is 14.7. The van der Waals surface area contributed by atoms with Gasteiger partial charge in [-0.3, -0.25) is 0 Å². The zero-order valence-corrected chi connectivity index (χ0v) is 7.26. The van der Waals surface area contributed by atoms with Crippen molar-refractivity contribution in [3.05, 3.63) is 0 Å². The fourth-order valence-corrected chi connectivity index (χ4v) is 2.70. The van der Waals surface area contributed by atoms with E-state index >= 15 is 0 Å². The lowest BCUT2D eigenvalue weighted by Crippen LogP contribution is -2.36. The van der Waals surface area contributed by atoms with E-state index in [0.29, 0.717) is 6.04 Å². The predicted molar refractivity (Wildman–Crippen MR) is 47.3 cm³/mol. The van der Waals surface area contributed by atoms with Gasteiger partial charge in [0.1, 0.15) is 0 Å². The SMILES string of the molecule is NC1CC(CC2CCCC2)C1. The average molecular weight is 153 g/mol. The molecule has 0 aromatic rings. The van der Waals surface area contributed by atoms with E-state index in [4.69, 9.17) is 5.73 Å². The molecule has 1 heteroatoms. The molecule has 2 aliphatic carbocycles. The quantitative estimate of drug-likeness (QED) is 0.647. The Balaban J connectivity index is 1.66. The van der Waals surface area contributed by atoms with Crippen molar-refractivity contribution in [1.29, 1.82) is 0 Å². The first-order chi connectivity index (χ1) is 5.34. The molecule has 0 amide bonds. The van der Waals surface area contributed by atoms with Crippen LogP contribution in [0.1, 0.15) is 44.9 Å². The molecule has 0 aromatic heterocycles. The molecule has 11 heavy (non-hydrogen) atoms. The summed E-state index contributed by atoms with van der Waals surface area (Å²) in [7, 11) is 0. The van der Waals surface area contributed by atoms with E-state index in [1.807, 2.05) is 0 Å². The lowest BCUT2D eigenvalue weighted by molar-refractivity contribution is 0.216. The van der Waals surface area contributed by atoms with Gasteiger partial charge in [-0.15, -0.1) is 0 Å². The van der Waals surface area contributed by atoms with Crippen molar-refractivity contribution < 1.29 is 0 Å². The number of nitrogens with two attached hydrogens (primary N) is 1. The van der Waals surface area contributed by atoms with Gasteiger partial charge in [0.15, 0.2) is 0 Å². The van der Waals surface area contributed by atoms with Crippen molar-refractivity contribution in [3.63, 3.8) is 0 Å². The first-order valence-electron chi connectivity index (χ1n) is 5.10. The molecule has 0 spiro atoms. The summed E-state index contributed by atoms with van der Waals surface area (Å²) in [5, 5.41) is 0. The van der Waals surface area contributed by atoms with Gasteiger partial charge in [-0.2, -0.15) is 0 Å². The number of hydrogen-bond donors (Lipinski definition) is 1. The summed E-state index contributed by atoms with van der Waals surface area (Å²) in [5.74, 6) is 2.08. The van der Waals surface area contributed by atoms with Gasteiger partial charge < -0.3 is 5.73 Å². The summed E-state index contributed by atoms with van der Waals surface area (Å²) in [6.45, 7) is 0. The van der Waals surface area contributed by atoms with Crippen LogP contribution in [0, 0.1) is 11.8 Å². The van der Waals surface area contributed by atoms with E-state index in [-0.39, 0.29) is 0 Å². The summed E-state index contributed by atoms with van der Waals surface area (Å²) in [6, 6.07) is 0.557. The van der Waals surface area contributed by atoms with E-state index in [9.17, 15) is 0 Å². The molecule has 0 atom stereocenters. The Bertz CT molecular complexity index is 121. The summed E-state index contributed by atoms with van der Waals surface area (Å²) in [5.41, 5.74) is 5.74. The van der Waals surface area contributed by atoms with Crippen LogP contribution in [0.15, 0.2) is 0 Å². The van der Waals surface area contributed by atoms with E-state index < -0.39 is 0 Å². The van der Waals surface area contributed by atoms with Crippen LogP contribution in [0.5, 0.6) is 0 Å². The molecule has 2 N–H and O–H groups in total. The smallest absolute Gasteiger partial charge is 0.00441 e. The number of rotatable bonds is 2. The molecule has 0 aromatic carbocycles. The maximum atomic E-state index is 5.74. The Morgan fingerprint density at radius 3 is 2.18 bits per heavy atom. The molecule has 2 saturated carbocycles. The summed E-state index contributed by atoms with van der Waals surface area (Å²) < 4.78 is 0. The first-order valence-corrected chi connectivity index (χ1v) is 5.10. The van der Waals surface area contributed by atoms with Crippen LogP contribution in [0.2, 0.25) is 0 Å². The highest BCUT2D eigenvalue weighted by Gasteiger charge is 2.29. The molecule has 2 aliphatic rings. The molecule has 2 fully saturated rings. The third-order valence-corrected chi connectivity index (χ3v) is 3.41. The van der Waals surface area contributed by atoms with Crippen LogP contribution in [0.25, 0.3) is 0 Å². The molecule has 2 rings (SSSR count). The van der Waals surface area contributed by atoms with Crippen LogP contribution < -0.4 is 5.73 Å². The third kappa shape index (κ3) is 1.76. The molecule has 0 bridgehead atoms. The van der Waals surface area contributed by atoms with Crippen LogP contribution in [0.3, 0.4) is 0 Å². The fraction of sp³-hybridized carbons (Fsp3) is 1.00. The lowest BCUT2D eigenvalue weighted by Gasteiger charge is -2.34. The van der Waals surface area contributed by atoms with Crippen LogP contribution >= 0.6 is 0 Å². The minimum absolute atomic E-state index is 0.557. The average Bonchev–Trinajstić information content (AvgIpc) is 2.36. The molecule has 0 unspecified atom stereocenters. The van der Waals surface area contributed by atoms with Crippen molar-refractivity contribution in [1.82, 2.24) is 0 Å². The molecule has 64 valence electrons. The van der Waals surface area contributed by atoms with Gasteiger partial charge in [0.25, 0.3) is 0 Å². The van der Waals surface area contributed by atoms with Gasteiger partial charge in [-0.1, -0.05) is 25.7 Å². The maximum absolute atomic E-state index is 5.74. The second-order valence-electron chi connectivity index (χ2n) is 4.48. The zero-order chi connectivity index (χ0) is 7.68. The van der Waals surface area contributed by atoms with Crippen molar-refractivity contribution in [2.24, 2.45) is 17.6 Å². The Kier molecular flexibility index (Phi) is 2.17. The van der Waals surface area contributed by atoms with E-state index in [2.05, 4.69) is 0 Å². The summed E-state index contributed by atoms with van der Waals surface area (Å²) in [4.78, 5) is 0. The van der Waals surface area contributed by atoms with Crippen LogP contribution in [-0.2, 0) is 0 Å². The normalized spacial score (nSPS) is 39.0. The Labute approximate surface area is 69.4 Å². The van der Waals surface area contributed by atoms with Crippen LogP contribution in [0.4, 0.5) is 0 Å². The lowest BCUT2D eigenvalue weighted by atomic mass is 9.75. The first kappa shape index (κ1) is 7.60. The Morgan fingerprint density at radius 2 is 1.64 bits per heavy atom. The van der Waals surface area contributed by atoms with Gasteiger partial charge in [-0.05, 0) is 31.1 Å². The van der Waals surface area contributed by atoms with E-state index in [1.165, 1.54) is 44.9 Å². The molecule has 0 saturated heterocycles. The second kappa shape index (κ2) is 3.14. The predicted octanol–water partition coefficient (Wildman–Crippen LogP) is 2.30. The van der Waals surface area contributed by atoms with E-state index in [1.54, 1.807) is 0 Å². The number of hydrogen-bond acceptors (Lipinski definition) is 1. The van der Waals surface area contributed by atoms with Gasteiger partial charge >= 0.3 is 0 Å².